The van der Waals surface area contributed by atoms with Crippen LogP contribution >= 0.6 is 0 Å². The lowest BCUT2D eigenvalue weighted by atomic mass is 9.92. The second-order valence-corrected chi connectivity index (χ2v) is 5.77. The number of benzene rings is 1. The number of aromatic nitrogens is 1. The molecule has 6 nitrogen and oxygen atoms in total. The van der Waals surface area contributed by atoms with Crippen LogP contribution in [0.15, 0.2) is 24.4 Å². The van der Waals surface area contributed by atoms with Crippen LogP contribution in [0, 0.1) is 5.41 Å². The van der Waals surface area contributed by atoms with Gasteiger partial charge >= 0.3 is 0 Å². The van der Waals surface area contributed by atoms with E-state index in [4.69, 9.17) is 0 Å². The molecule has 0 aliphatic heterocycles. The summed E-state index contributed by atoms with van der Waals surface area (Å²) in [5.74, 6) is -0.399. The van der Waals surface area contributed by atoms with Gasteiger partial charge in [0, 0.05) is 41.8 Å². The Labute approximate surface area is 128 Å². The lowest BCUT2D eigenvalue weighted by Gasteiger charge is -2.22. The minimum Gasteiger partial charge on any atom is -0.360 e. The average molecular weight is 301 g/mol. The van der Waals surface area contributed by atoms with Crippen LogP contribution in [0.1, 0.15) is 34.6 Å². The van der Waals surface area contributed by atoms with E-state index in [0.29, 0.717) is 11.1 Å². The smallest absolute Gasteiger partial charge is 0.251 e. The minimum absolute atomic E-state index is 0.136. The molecule has 0 spiro atoms. The maximum atomic E-state index is 12.2. The molecular formula is C16H19N3O3. The van der Waals surface area contributed by atoms with E-state index in [1.807, 2.05) is 0 Å². The lowest BCUT2D eigenvalue weighted by molar-refractivity contribution is -0.128. The van der Waals surface area contributed by atoms with Gasteiger partial charge in [-0.2, -0.15) is 0 Å². The molecule has 1 heterocycles. The van der Waals surface area contributed by atoms with Gasteiger partial charge in [-0.15, -0.1) is 0 Å². The summed E-state index contributed by atoms with van der Waals surface area (Å²) in [4.78, 5) is 37.7. The first-order chi connectivity index (χ1) is 10.4. The van der Waals surface area contributed by atoms with Crippen LogP contribution in [0.2, 0.25) is 0 Å². The van der Waals surface area contributed by atoms with Crippen molar-refractivity contribution in [1.82, 2.24) is 15.6 Å². The predicted molar refractivity (Wildman–Crippen MR) is 83.9 cm³/mol. The van der Waals surface area contributed by atoms with Crippen molar-refractivity contribution in [2.75, 3.05) is 13.6 Å². The van der Waals surface area contributed by atoms with Crippen molar-refractivity contribution in [2.24, 2.45) is 5.41 Å². The number of hydrogen-bond acceptors (Lipinski definition) is 3. The van der Waals surface area contributed by atoms with Gasteiger partial charge in [-0.3, -0.25) is 14.4 Å². The molecule has 0 fully saturated rings. The van der Waals surface area contributed by atoms with E-state index < -0.39 is 5.41 Å². The molecule has 2 amide bonds. The van der Waals surface area contributed by atoms with E-state index in [1.54, 1.807) is 45.3 Å². The monoisotopic (exact) mass is 301 g/mol. The number of aromatic amines is 1. The highest BCUT2D eigenvalue weighted by Crippen LogP contribution is 2.19. The van der Waals surface area contributed by atoms with Gasteiger partial charge in [-0.25, -0.2) is 0 Å². The third-order valence-electron chi connectivity index (χ3n) is 3.64. The second-order valence-electron chi connectivity index (χ2n) is 5.77. The number of carbonyl (C=O) groups excluding carboxylic acids is 3. The number of hydrogen-bond donors (Lipinski definition) is 3. The Balaban J connectivity index is 2.13. The van der Waals surface area contributed by atoms with Gasteiger partial charge < -0.3 is 15.6 Å². The molecule has 0 aliphatic carbocycles. The van der Waals surface area contributed by atoms with Crippen molar-refractivity contribution in [1.29, 1.82) is 0 Å². The third kappa shape index (κ3) is 3.00. The normalized spacial score (nSPS) is 11.2. The van der Waals surface area contributed by atoms with E-state index >= 15 is 0 Å². The molecule has 0 saturated heterocycles. The van der Waals surface area contributed by atoms with Gasteiger partial charge in [0.25, 0.3) is 5.91 Å². The average Bonchev–Trinajstić information content (AvgIpc) is 2.93. The summed E-state index contributed by atoms with van der Waals surface area (Å²) in [7, 11) is 1.57. The van der Waals surface area contributed by atoms with Gasteiger partial charge in [0.15, 0.2) is 6.29 Å². The van der Waals surface area contributed by atoms with Crippen molar-refractivity contribution in [3.63, 3.8) is 0 Å². The number of H-pyrrole nitrogens is 1. The molecule has 0 bridgehead atoms. The first-order valence-corrected chi connectivity index (χ1v) is 6.96. The zero-order chi connectivity index (χ0) is 16.3. The van der Waals surface area contributed by atoms with E-state index in [-0.39, 0.29) is 18.4 Å². The highest BCUT2D eigenvalue weighted by atomic mass is 16.2. The fourth-order valence-electron chi connectivity index (χ4n) is 2.21. The van der Waals surface area contributed by atoms with Crippen molar-refractivity contribution in [3.8, 4) is 0 Å². The molecular weight excluding hydrogens is 282 g/mol. The van der Waals surface area contributed by atoms with Crippen LogP contribution in [0.3, 0.4) is 0 Å². The van der Waals surface area contributed by atoms with Crippen LogP contribution in [-0.4, -0.2) is 36.7 Å². The molecule has 2 aromatic rings. The zero-order valence-corrected chi connectivity index (χ0v) is 12.8. The summed E-state index contributed by atoms with van der Waals surface area (Å²) in [6.07, 6.45) is 2.37. The largest absolute Gasteiger partial charge is 0.360 e. The van der Waals surface area contributed by atoms with Gasteiger partial charge in [-0.1, -0.05) is 6.07 Å². The molecule has 0 saturated carbocycles. The quantitative estimate of drug-likeness (QED) is 0.731. The summed E-state index contributed by atoms with van der Waals surface area (Å²) in [5.41, 5.74) is 1.06. The summed E-state index contributed by atoms with van der Waals surface area (Å²) in [6.45, 7) is 3.75. The molecule has 6 heteroatoms. The van der Waals surface area contributed by atoms with Crippen molar-refractivity contribution in [2.45, 2.75) is 13.8 Å². The Kier molecular flexibility index (Phi) is 4.30. The molecule has 1 aromatic heterocycles. The maximum Gasteiger partial charge on any atom is 0.251 e. The highest BCUT2D eigenvalue weighted by Gasteiger charge is 2.27. The Hall–Kier alpha value is -2.63. The molecule has 116 valence electrons. The third-order valence-corrected chi connectivity index (χ3v) is 3.64. The van der Waals surface area contributed by atoms with Gasteiger partial charge in [0.05, 0.1) is 5.41 Å². The summed E-state index contributed by atoms with van der Waals surface area (Å²) < 4.78 is 0. The van der Waals surface area contributed by atoms with Crippen molar-refractivity contribution >= 4 is 29.0 Å². The summed E-state index contributed by atoms with van der Waals surface area (Å²) in [6, 6.07) is 5.07. The molecule has 3 N–H and O–H groups in total. The fourth-order valence-corrected chi connectivity index (χ4v) is 2.21. The first-order valence-electron chi connectivity index (χ1n) is 6.96. The first kappa shape index (κ1) is 15.8. The Bertz CT molecular complexity index is 731. The molecule has 0 radical (unpaired) electrons. The topological polar surface area (TPSA) is 91.1 Å². The fraction of sp³-hybridized carbons (Fsp3) is 0.312. The minimum atomic E-state index is -0.689. The predicted octanol–water partition coefficient (Wildman–Crippen LogP) is 1.48. The molecule has 0 atom stereocenters. The van der Waals surface area contributed by atoms with Crippen molar-refractivity contribution in [3.05, 3.63) is 35.5 Å². The van der Waals surface area contributed by atoms with Gasteiger partial charge in [0.2, 0.25) is 5.91 Å². The number of carbonyl (C=O) groups is 3. The standard InChI is InChI=1S/C16H19N3O3/c1-16(2,15(22)17-3)9-19-14(21)10-4-5-12-11(8-20)7-18-13(12)6-10/h4-8,18H,9H2,1-3H3,(H,17,22)(H,19,21). The van der Waals surface area contributed by atoms with Crippen molar-refractivity contribution < 1.29 is 14.4 Å². The Morgan fingerprint density at radius 1 is 1.32 bits per heavy atom. The Morgan fingerprint density at radius 2 is 2.05 bits per heavy atom. The maximum absolute atomic E-state index is 12.2. The van der Waals surface area contributed by atoms with E-state index in [9.17, 15) is 14.4 Å². The van der Waals surface area contributed by atoms with Gasteiger partial charge in [-0.05, 0) is 26.0 Å². The van der Waals surface area contributed by atoms with Crippen LogP contribution < -0.4 is 10.6 Å². The lowest BCUT2D eigenvalue weighted by Crippen LogP contribution is -2.43. The van der Waals surface area contributed by atoms with Crippen LogP contribution in [0.25, 0.3) is 10.9 Å². The van der Waals surface area contributed by atoms with E-state index in [1.165, 1.54) is 0 Å². The number of fused-ring (bicyclic) bond motifs is 1. The highest BCUT2D eigenvalue weighted by molar-refractivity contribution is 6.02. The molecule has 0 unspecified atom stereocenters. The van der Waals surface area contributed by atoms with E-state index in [2.05, 4.69) is 15.6 Å². The number of rotatable bonds is 5. The van der Waals surface area contributed by atoms with Crippen LogP contribution in [-0.2, 0) is 4.79 Å². The Morgan fingerprint density at radius 3 is 2.68 bits per heavy atom. The summed E-state index contributed by atoms with van der Waals surface area (Å²) in [5, 5.41) is 6.11. The molecule has 22 heavy (non-hydrogen) atoms. The van der Waals surface area contributed by atoms with E-state index in [0.717, 1.165) is 17.2 Å². The summed E-state index contributed by atoms with van der Waals surface area (Å²) >= 11 is 0. The number of amides is 2. The number of aldehydes is 1. The molecule has 1 aromatic carbocycles. The van der Waals surface area contributed by atoms with Gasteiger partial charge in [0.1, 0.15) is 0 Å². The zero-order valence-electron chi connectivity index (χ0n) is 12.8. The SMILES string of the molecule is CNC(=O)C(C)(C)CNC(=O)c1ccc2c(C=O)c[nH]c2c1. The number of nitrogens with one attached hydrogen (secondary N) is 3. The van der Waals surface area contributed by atoms with Crippen LogP contribution in [0.4, 0.5) is 0 Å². The second kappa shape index (κ2) is 6.01. The molecule has 2 rings (SSSR count). The van der Waals surface area contributed by atoms with Crippen LogP contribution in [0.5, 0.6) is 0 Å². The molecule has 0 aliphatic rings.